The molecule has 0 bridgehead atoms. The topological polar surface area (TPSA) is 57.7 Å². The molecule has 1 saturated carbocycles. The molecule has 2 saturated heterocycles. The number of likely N-dealkylation sites (N-methyl/N-ethyl adjacent to an activating group) is 1. The van der Waals surface area contributed by atoms with Crippen LogP contribution in [0.1, 0.15) is 53.6 Å². The van der Waals surface area contributed by atoms with Crippen molar-refractivity contribution in [1.82, 2.24) is 15.2 Å². The number of fused-ring (bicyclic) bond motifs is 1. The van der Waals surface area contributed by atoms with Crippen LogP contribution in [0.25, 0.3) is 10.9 Å². The summed E-state index contributed by atoms with van der Waals surface area (Å²) in [6, 6.07) is 14.9. The summed E-state index contributed by atoms with van der Waals surface area (Å²) in [5.74, 6) is 0.728. The third kappa shape index (κ3) is 4.25. The normalized spacial score (nSPS) is 21.1. The first-order valence-corrected chi connectivity index (χ1v) is 12.9. The molecule has 35 heavy (non-hydrogen) atoms. The van der Waals surface area contributed by atoms with Gasteiger partial charge in [0.05, 0.1) is 11.1 Å². The standard InChI is InChI=1S/C29H34N4O2/c1-20-7-8-23(35-19-21-9-15-32(21)2)18-25(20)28(34)31-29(10-11-29)26-16-22(33-13-3-4-14-33)17-27-24(26)6-5-12-30-27/h5-8,12,16-18,21H,3-4,9-11,13-15,19H2,1-2H3,(H,31,34)/t21-/m0/s1. The van der Waals surface area contributed by atoms with Gasteiger partial charge in [-0.25, -0.2) is 0 Å². The Morgan fingerprint density at radius 3 is 2.69 bits per heavy atom. The number of carbonyl (C=O) groups is 1. The van der Waals surface area contributed by atoms with Crippen LogP contribution in [-0.4, -0.2) is 55.1 Å². The number of pyridine rings is 1. The lowest BCUT2D eigenvalue weighted by Gasteiger charge is -2.37. The van der Waals surface area contributed by atoms with Gasteiger partial charge in [-0.3, -0.25) is 14.7 Å². The fraction of sp³-hybridized carbons (Fsp3) is 0.448. The number of likely N-dealkylation sites (tertiary alicyclic amines) is 1. The molecule has 3 aliphatic rings. The van der Waals surface area contributed by atoms with Crippen LogP contribution in [0.15, 0.2) is 48.7 Å². The molecule has 3 aromatic rings. The van der Waals surface area contributed by atoms with Gasteiger partial charge in [0.25, 0.3) is 5.91 Å². The molecule has 182 valence electrons. The van der Waals surface area contributed by atoms with Crippen molar-refractivity contribution >= 4 is 22.5 Å². The van der Waals surface area contributed by atoms with Gasteiger partial charge in [0.2, 0.25) is 0 Å². The van der Waals surface area contributed by atoms with Gasteiger partial charge in [-0.15, -0.1) is 0 Å². The minimum absolute atomic E-state index is 0.0326. The molecule has 1 aliphatic carbocycles. The molecule has 0 spiro atoms. The van der Waals surface area contributed by atoms with Gasteiger partial charge in [-0.1, -0.05) is 12.1 Å². The highest BCUT2D eigenvalue weighted by atomic mass is 16.5. The molecular weight excluding hydrogens is 436 g/mol. The van der Waals surface area contributed by atoms with E-state index in [4.69, 9.17) is 4.74 Å². The minimum Gasteiger partial charge on any atom is -0.492 e. The zero-order valence-corrected chi connectivity index (χ0v) is 20.7. The minimum atomic E-state index is -0.341. The second kappa shape index (κ2) is 8.83. The first-order chi connectivity index (χ1) is 17.0. The molecule has 1 N–H and O–H groups in total. The maximum absolute atomic E-state index is 13.6. The number of rotatable bonds is 7. The van der Waals surface area contributed by atoms with Crippen LogP contribution in [0.5, 0.6) is 5.75 Å². The van der Waals surface area contributed by atoms with Crippen LogP contribution in [0.2, 0.25) is 0 Å². The molecule has 0 radical (unpaired) electrons. The zero-order valence-electron chi connectivity index (χ0n) is 20.7. The van der Waals surface area contributed by atoms with Gasteiger partial charge >= 0.3 is 0 Å². The van der Waals surface area contributed by atoms with E-state index in [0.29, 0.717) is 18.2 Å². The Morgan fingerprint density at radius 1 is 1.14 bits per heavy atom. The average molecular weight is 471 g/mol. The molecule has 3 fully saturated rings. The van der Waals surface area contributed by atoms with Crippen molar-refractivity contribution in [3.63, 3.8) is 0 Å². The van der Waals surface area contributed by atoms with E-state index < -0.39 is 0 Å². The monoisotopic (exact) mass is 470 g/mol. The summed E-state index contributed by atoms with van der Waals surface area (Å²) in [6.45, 7) is 5.94. The highest BCUT2D eigenvalue weighted by Crippen LogP contribution is 2.49. The SMILES string of the molecule is Cc1ccc(OC[C@@H]2CCN2C)cc1C(=O)NC1(c2cc(N3CCCC3)cc3ncccc23)CC1. The first kappa shape index (κ1) is 22.4. The van der Waals surface area contributed by atoms with E-state index in [-0.39, 0.29) is 11.4 Å². The number of carbonyl (C=O) groups excluding carboxylic acids is 1. The van der Waals surface area contributed by atoms with Crippen molar-refractivity contribution in [3.05, 3.63) is 65.4 Å². The summed E-state index contributed by atoms with van der Waals surface area (Å²) in [4.78, 5) is 23.0. The van der Waals surface area contributed by atoms with Gasteiger partial charge in [0.15, 0.2) is 0 Å². The van der Waals surface area contributed by atoms with Gasteiger partial charge < -0.3 is 15.0 Å². The Balaban J connectivity index is 1.27. The summed E-state index contributed by atoms with van der Waals surface area (Å²) in [6.07, 6.45) is 7.36. The highest BCUT2D eigenvalue weighted by molar-refractivity contribution is 5.97. The lowest BCUT2D eigenvalue weighted by molar-refractivity contribution is 0.0767. The number of amides is 1. The number of nitrogens with one attached hydrogen (secondary N) is 1. The Kier molecular flexibility index (Phi) is 5.64. The molecular formula is C29H34N4O2. The van der Waals surface area contributed by atoms with Crippen LogP contribution in [0, 0.1) is 6.92 Å². The number of ether oxygens (including phenoxy) is 1. The maximum Gasteiger partial charge on any atom is 0.252 e. The van der Waals surface area contributed by atoms with Gasteiger partial charge in [-0.2, -0.15) is 0 Å². The van der Waals surface area contributed by atoms with E-state index in [0.717, 1.165) is 61.1 Å². The molecule has 6 rings (SSSR count). The third-order valence-corrected chi connectivity index (χ3v) is 8.13. The van der Waals surface area contributed by atoms with Gasteiger partial charge in [0.1, 0.15) is 12.4 Å². The van der Waals surface area contributed by atoms with E-state index in [1.54, 1.807) is 0 Å². The smallest absolute Gasteiger partial charge is 0.252 e. The van der Waals surface area contributed by atoms with Crippen molar-refractivity contribution in [2.45, 2.75) is 50.6 Å². The second-order valence-electron chi connectivity index (χ2n) is 10.5. The average Bonchev–Trinajstić information content (AvgIpc) is 3.42. The number of nitrogens with zero attached hydrogens (tertiary/aromatic N) is 3. The van der Waals surface area contributed by atoms with Crippen molar-refractivity contribution in [2.75, 3.05) is 38.2 Å². The van der Waals surface area contributed by atoms with E-state index in [1.165, 1.54) is 24.1 Å². The van der Waals surface area contributed by atoms with Gasteiger partial charge in [-0.05, 0) is 94.1 Å². The largest absolute Gasteiger partial charge is 0.492 e. The van der Waals surface area contributed by atoms with E-state index in [9.17, 15) is 4.79 Å². The Labute approximate surface area is 207 Å². The van der Waals surface area contributed by atoms with Crippen molar-refractivity contribution in [1.29, 1.82) is 0 Å². The van der Waals surface area contributed by atoms with Crippen LogP contribution in [0.3, 0.4) is 0 Å². The van der Waals surface area contributed by atoms with Crippen molar-refractivity contribution < 1.29 is 9.53 Å². The number of aryl methyl sites for hydroxylation is 1. The molecule has 2 aromatic carbocycles. The van der Waals surface area contributed by atoms with Crippen molar-refractivity contribution in [2.24, 2.45) is 0 Å². The predicted octanol–water partition coefficient (Wildman–Crippen LogP) is 4.65. The second-order valence-corrected chi connectivity index (χ2v) is 10.5. The molecule has 1 aromatic heterocycles. The first-order valence-electron chi connectivity index (χ1n) is 12.9. The zero-order chi connectivity index (χ0) is 24.0. The van der Waals surface area contributed by atoms with E-state index >= 15 is 0 Å². The summed E-state index contributed by atoms with van der Waals surface area (Å²) in [5.41, 5.74) is 4.72. The number of benzene rings is 2. The summed E-state index contributed by atoms with van der Waals surface area (Å²) >= 11 is 0. The number of anilines is 1. The lowest BCUT2D eigenvalue weighted by Crippen LogP contribution is -2.48. The maximum atomic E-state index is 13.6. The van der Waals surface area contributed by atoms with E-state index in [1.807, 2.05) is 37.4 Å². The lowest BCUT2D eigenvalue weighted by atomic mass is 9.97. The highest BCUT2D eigenvalue weighted by Gasteiger charge is 2.47. The molecule has 6 heteroatoms. The number of hydrogen-bond donors (Lipinski definition) is 1. The van der Waals surface area contributed by atoms with E-state index in [2.05, 4.69) is 45.3 Å². The predicted molar refractivity (Wildman–Crippen MR) is 139 cm³/mol. The quantitative estimate of drug-likeness (QED) is 0.545. The number of aromatic nitrogens is 1. The summed E-state index contributed by atoms with van der Waals surface area (Å²) in [5, 5.41) is 4.55. The van der Waals surface area contributed by atoms with Crippen LogP contribution in [-0.2, 0) is 5.54 Å². The molecule has 2 aliphatic heterocycles. The molecule has 3 heterocycles. The van der Waals surface area contributed by atoms with Crippen LogP contribution in [0.4, 0.5) is 5.69 Å². The third-order valence-electron chi connectivity index (χ3n) is 8.13. The summed E-state index contributed by atoms with van der Waals surface area (Å²) < 4.78 is 6.05. The molecule has 6 nitrogen and oxygen atoms in total. The Hall–Kier alpha value is -3.12. The number of hydrogen-bond acceptors (Lipinski definition) is 5. The molecule has 0 unspecified atom stereocenters. The van der Waals surface area contributed by atoms with Gasteiger partial charge in [0, 0.05) is 42.0 Å². The Morgan fingerprint density at radius 2 is 1.97 bits per heavy atom. The Bertz CT molecular complexity index is 1260. The molecule has 1 atom stereocenters. The molecule has 1 amide bonds. The van der Waals surface area contributed by atoms with Crippen molar-refractivity contribution in [3.8, 4) is 5.75 Å². The fourth-order valence-electron chi connectivity index (χ4n) is 5.50. The van der Waals surface area contributed by atoms with Crippen LogP contribution >= 0.6 is 0 Å². The summed E-state index contributed by atoms with van der Waals surface area (Å²) in [7, 11) is 2.12. The fourth-order valence-corrected chi connectivity index (χ4v) is 5.50. The van der Waals surface area contributed by atoms with Crippen LogP contribution < -0.4 is 15.0 Å².